The highest BCUT2D eigenvalue weighted by Crippen LogP contribution is 2.22. The number of hydrogen-bond donors (Lipinski definition) is 0. The molecule has 2 aromatic rings. The Morgan fingerprint density at radius 3 is 2.41 bits per heavy atom. The lowest BCUT2D eigenvalue weighted by Crippen LogP contribution is -2.15. The quantitative estimate of drug-likeness (QED) is 0.403. The second kappa shape index (κ2) is 9.17. The highest BCUT2D eigenvalue weighted by atomic mass is 16.5. The van der Waals surface area contributed by atoms with Crippen LogP contribution in [0.1, 0.15) is 45.1 Å². The van der Waals surface area contributed by atoms with E-state index in [2.05, 4.69) is 0 Å². The van der Waals surface area contributed by atoms with E-state index in [0.717, 1.165) is 22.3 Å². The van der Waals surface area contributed by atoms with Crippen LogP contribution >= 0.6 is 0 Å². The van der Waals surface area contributed by atoms with Crippen molar-refractivity contribution in [3.63, 3.8) is 0 Å². The molecule has 4 nitrogen and oxygen atoms in total. The zero-order valence-corrected chi connectivity index (χ0v) is 16.6. The van der Waals surface area contributed by atoms with Crippen LogP contribution in [0.4, 0.5) is 0 Å². The maximum Gasteiger partial charge on any atom is 0.331 e. The van der Waals surface area contributed by atoms with E-state index in [1.807, 2.05) is 65.0 Å². The van der Waals surface area contributed by atoms with Crippen molar-refractivity contribution >= 4 is 17.8 Å². The first kappa shape index (κ1) is 20.4. The highest BCUT2D eigenvalue weighted by molar-refractivity contribution is 6.00. The topological polar surface area (TPSA) is 52.6 Å². The second-order valence-electron chi connectivity index (χ2n) is 6.45. The van der Waals surface area contributed by atoms with Gasteiger partial charge in [0.15, 0.2) is 6.61 Å². The fraction of sp³-hybridized carbons (Fsp3) is 0.304. The van der Waals surface area contributed by atoms with Gasteiger partial charge in [-0.15, -0.1) is 0 Å². The molecule has 2 aromatic carbocycles. The van der Waals surface area contributed by atoms with Gasteiger partial charge in [-0.1, -0.05) is 18.2 Å². The van der Waals surface area contributed by atoms with Crippen molar-refractivity contribution in [3.05, 3.63) is 69.8 Å². The molecular formula is C23H26O4. The van der Waals surface area contributed by atoms with Crippen molar-refractivity contribution < 1.29 is 19.1 Å². The fourth-order valence-corrected chi connectivity index (χ4v) is 2.83. The van der Waals surface area contributed by atoms with Gasteiger partial charge >= 0.3 is 5.97 Å². The molecule has 0 radical (unpaired) electrons. The van der Waals surface area contributed by atoms with Gasteiger partial charge in [0.25, 0.3) is 0 Å². The first-order chi connectivity index (χ1) is 12.8. The molecule has 0 atom stereocenters. The van der Waals surface area contributed by atoms with Crippen LogP contribution in [0.25, 0.3) is 6.08 Å². The van der Waals surface area contributed by atoms with Crippen molar-refractivity contribution in [2.45, 2.75) is 34.6 Å². The minimum absolute atomic E-state index is 0.199. The van der Waals surface area contributed by atoms with Gasteiger partial charge in [-0.05, 0) is 75.1 Å². The molecule has 2 rings (SSSR count). The molecule has 0 aliphatic rings. The predicted molar refractivity (Wildman–Crippen MR) is 107 cm³/mol. The molecule has 0 aliphatic carbocycles. The molecule has 27 heavy (non-hydrogen) atoms. The van der Waals surface area contributed by atoms with Gasteiger partial charge in [-0.2, -0.15) is 0 Å². The van der Waals surface area contributed by atoms with Crippen molar-refractivity contribution in [1.29, 1.82) is 0 Å². The number of Topliss-reactive ketones (excluding diaryl/α,β-unsaturated/α-hetero) is 1. The summed E-state index contributed by atoms with van der Waals surface area (Å²) in [5.74, 6) is -0.0654. The van der Waals surface area contributed by atoms with Crippen LogP contribution in [-0.2, 0) is 9.53 Å². The van der Waals surface area contributed by atoms with Crippen molar-refractivity contribution in [3.8, 4) is 5.75 Å². The van der Waals surface area contributed by atoms with Gasteiger partial charge in [-0.25, -0.2) is 4.79 Å². The van der Waals surface area contributed by atoms with E-state index < -0.39 is 5.97 Å². The van der Waals surface area contributed by atoms with Crippen molar-refractivity contribution in [2.24, 2.45) is 0 Å². The van der Waals surface area contributed by atoms with E-state index in [0.29, 0.717) is 17.9 Å². The number of benzene rings is 2. The summed E-state index contributed by atoms with van der Waals surface area (Å²) >= 11 is 0. The summed E-state index contributed by atoms with van der Waals surface area (Å²) in [4.78, 5) is 24.5. The molecule has 0 saturated heterocycles. The van der Waals surface area contributed by atoms with Crippen LogP contribution in [0.15, 0.2) is 36.4 Å². The average Bonchev–Trinajstić information content (AvgIpc) is 2.66. The Morgan fingerprint density at radius 2 is 1.70 bits per heavy atom. The summed E-state index contributed by atoms with van der Waals surface area (Å²) in [6.45, 7) is 10.1. The Balaban J connectivity index is 2.03. The SMILES string of the molecule is CCOc1ccccc1/C=C/C(=O)OCC(=O)c1cc(C)c(C)c(C)c1C. The summed E-state index contributed by atoms with van der Waals surface area (Å²) in [7, 11) is 0. The number of ketones is 1. The van der Waals surface area contributed by atoms with Crippen LogP contribution in [0.3, 0.4) is 0 Å². The molecule has 0 N–H and O–H groups in total. The summed E-state index contributed by atoms with van der Waals surface area (Å²) in [5, 5.41) is 0. The third-order valence-corrected chi connectivity index (χ3v) is 4.75. The van der Waals surface area contributed by atoms with E-state index in [1.165, 1.54) is 11.6 Å². The third-order valence-electron chi connectivity index (χ3n) is 4.75. The Kier molecular flexibility index (Phi) is 6.94. The van der Waals surface area contributed by atoms with Gasteiger partial charge < -0.3 is 9.47 Å². The number of rotatable bonds is 7. The number of para-hydroxylation sites is 1. The molecule has 0 unspecified atom stereocenters. The molecule has 4 heteroatoms. The Bertz CT molecular complexity index is 878. The van der Waals surface area contributed by atoms with Crippen LogP contribution in [0, 0.1) is 27.7 Å². The van der Waals surface area contributed by atoms with Crippen LogP contribution in [0.5, 0.6) is 5.75 Å². The normalized spacial score (nSPS) is 10.9. The smallest absolute Gasteiger partial charge is 0.331 e. The van der Waals surface area contributed by atoms with Crippen LogP contribution in [0.2, 0.25) is 0 Å². The first-order valence-corrected chi connectivity index (χ1v) is 9.02. The number of ether oxygens (including phenoxy) is 2. The highest BCUT2D eigenvalue weighted by Gasteiger charge is 2.15. The summed E-state index contributed by atoms with van der Waals surface area (Å²) in [6, 6.07) is 9.28. The van der Waals surface area contributed by atoms with Gasteiger partial charge in [0.05, 0.1) is 6.61 Å². The standard InChI is InChI=1S/C23H26O4/c1-6-26-22-10-8-7-9-19(22)11-12-23(25)27-14-21(24)20-13-15(2)16(3)17(4)18(20)5/h7-13H,6,14H2,1-5H3/b12-11+. The largest absolute Gasteiger partial charge is 0.493 e. The number of carbonyl (C=O) groups excluding carboxylic acids is 2. The minimum atomic E-state index is -0.562. The van der Waals surface area contributed by atoms with E-state index in [9.17, 15) is 9.59 Å². The van der Waals surface area contributed by atoms with Gasteiger partial charge in [0.1, 0.15) is 5.75 Å². The van der Waals surface area contributed by atoms with E-state index in [4.69, 9.17) is 9.47 Å². The monoisotopic (exact) mass is 366 g/mol. The molecule has 0 fully saturated rings. The average molecular weight is 366 g/mol. The van der Waals surface area contributed by atoms with Crippen LogP contribution < -0.4 is 4.74 Å². The van der Waals surface area contributed by atoms with E-state index in [-0.39, 0.29) is 12.4 Å². The molecular weight excluding hydrogens is 340 g/mol. The Hall–Kier alpha value is -2.88. The lowest BCUT2D eigenvalue weighted by molar-refractivity contribution is -0.136. The van der Waals surface area contributed by atoms with E-state index in [1.54, 1.807) is 6.08 Å². The molecule has 0 amide bonds. The molecule has 0 bridgehead atoms. The van der Waals surface area contributed by atoms with Gasteiger partial charge in [-0.3, -0.25) is 4.79 Å². The Morgan fingerprint density at radius 1 is 1.00 bits per heavy atom. The summed E-state index contributed by atoms with van der Waals surface area (Å²) < 4.78 is 10.6. The molecule has 0 aromatic heterocycles. The Labute approximate surface area is 160 Å². The molecule has 0 spiro atoms. The van der Waals surface area contributed by atoms with Crippen molar-refractivity contribution in [1.82, 2.24) is 0 Å². The molecule has 0 saturated carbocycles. The zero-order valence-electron chi connectivity index (χ0n) is 16.6. The second-order valence-corrected chi connectivity index (χ2v) is 6.45. The maximum atomic E-state index is 12.5. The van der Waals surface area contributed by atoms with Crippen molar-refractivity contribution in [2.75, 3.05) is 13.2 Å². The first-order valence-electron chi connectivity index (χ1n) is 9.02. The number of carbonyl (C=O) groups is 2. The third kappa shape index (κ3) is 5.07. The number of hydrogen-bond acceptors (Lipinski definition) is 4. The number of aryl methyl sites for hydroxylation is 1. The van der Waals surface area contributed by atoms with Gasteiger partial charge in [0, 0.05) is 17.2 Å². The minimum Gasteiger partial charge on any atom is -0.493 e. The lowest BCUT2D eigenvalue weighted by atomic mass is 9.93. The predicted octanol–water partition coefficient (Wildman–Crippen LogP) is 4.76. The van der Waals surface area contributed by atoms with Gasteiger partial charge in [0.2, 0.25) is 5.78 Å². The summed E-state index contributed by atoms with van der Waals surface area (Å²) in [6.07, 6.45) is 2.94. The van der Waals surface area contributed by atoms with E-state index >= 15 is 0 Å². The summed E-state index contributed by atoms with van der Waals surface area (Å²) in [5.41, 5.74) is 5.65. The lowest BCUT2D eigenvalue weighted by Gasteiger charge is -2.13. The number of esters is 1. The molecule has 0 heterocycles. The molecule has 0 aliphatic heterocycles. The molecule has 142 valence electrons. The van der Waals surface area contributed by atoms with Crippen LogP contribution in [-0.4, -0.2) is 25.0 Å². The zero-order chi connectivity index (χ0) is 20.0. The maximum absolute atomic E-state index is 12.5. The fourth-order valence-electron chi connectivity index (χ4n) is 2.83.